The van der Waals surface area contributed by atoms with Crippen LogP contribution < -0.4 is 9.84 Å². The van der Waals surface area contributed by atoms with Crippen LogP contribution in [0.3, 0.4) is 0 Å². The van der Waals surface area contributed by atoms with Crippen LogP contribution in [0, 0.1) is 0 Å². The van der Waals surface area contributed by atoms with Crippen molar-refractivity contribution >= 4 is 62.2 Å². The first-order valence-electron chi connectivity index (χ1n) is 6.35. The number of ether oxygens (including phenoxy) is 1. The summed E-state index contributed by atoms with van der Waals surface area (Å²) in [6, 6.07) is 3.23. The van der Waals surface area contributed by atoms with Crippen LogP contribution in [0.15, 0.2) is 21.5 Å². The number of carbonyl (C=O) groups is 2. The molecule has 0 spiro atoms. The Kier molecular flexibility index (Phi) is 5.66. The number of thiocarbonyl (C=S) groups is 1. The Balaban J connectivity index is 2.31. The fourth-order valence-electron chi connectivity index (χ4n) is 1.90. The molecule has 0 atom stereocenters. The Bertz CT molecular complexity index is 719. The van der Waals surface area contributed by atoms with Gasteiger partial charge in [-0.3, -0.25) is 9.69 Å². The number of carboxylic acids is 1. The third-order valence-electron chi connectivity index (χ3n) is 2.99. The van der Waals surface area contributed by atoms with E-state index in [2.05, 4.69) is 15.9 Å². The number of phenols is 1. The van der Waals surface area contributed by atoms with E-state index in [0.717, 1.165) is 11.8 Å². The fraction of sp³-hybridized carbons (Fsp3) is 0.214. The third kappa shape index (κ3) is 4.04. The van der Waals surface area contributed by atoms with Crippen LogP contribution in [0.25, 0.3) is 6.08 Å². The number of carboxylic acid groups (broad SMARTS) is 1. The summed E-state index contributed by atoms with van der Waals surface area (Å²) in [4.78, 5) is 24.3. The average Bonchev–Trinajstić information content (AvgIpc) is 2.74. The van der Waals surface area contributed by atoms with Crippen molar-refractivity contribution in [3.8, 4) is 11.5 Å². The maximum atomic E-state index is 12.3. The number of hydrogen-bond donors (Lipinski definition) is 1. The average molecular weight is 417 g/mol. The molecular weight excluding hydrogens is 406 g/mol. The van der Waals surface area contributed by atoms with Gasteiger partial charge in [-0.1, -0.05) is 39.9 Å². The summed E-state index contributed by atoms with van der Waals surface area (Å²) in [6.45, 7) is -0.0435. The molecule has 1 aliphatic heterocycles. The van der Waals surface area contributed by atoms with E-state index in [1.165, 1.54) is 18.1 Å². The van der Waals surface area contributed by atoms with Gasteiger partial charge in [0.1, 0.15) is 4.32 Å². The van der Waals surface area contributed by atoms with Gasteiger partial charge in [0.15, 0.2) is 11.5 Å². The number of carbonyl (C=O) groups excluding carboxylic acids is 2. The second-order valence-electron chi connectivity index (χ2n) is 4.50. The van der Waals surface area contributed by atoms with Crippen LogP contribution in [-0.4, -0.2) is 39.9 Å². The van der Waals surface area contributed by atoms with Crippen molar-refractivity contribution in [1.82, 2.24) is 4.90 Å². The molecule has 1 aliphatic rings. The molecule has 1 amide bonds. The molecule has 1 N–H and O–H groups in total. The number of rotatable bonds is 5. The van der Waals surface area contributed by atoms with E-state index in [-0.39, 0.29) is 28.8 Å². The maximum Gasteiger partial charge on any atom is 0.266 e. The zero-order valence-corrected chi connectivity index (χ0v) is 15.1. The molecule has 0 unspecified atom stereocenters. The van der Waals surface area contributed by atoms with E-state index in [1.54, 1.807) is 12.1 Å². The predicted octanol–water partition coefficient (Wildman–Crippen LogP) is 1.50. The van der Waals surface area contributed by atoms with E-state index in [9.17, 15) is 19.8 Å². The van der Waals surface area contributed by atoms with Crippen molar-refractivity contribution in [2.45, 2.75) is 6.42 Å². The zero-order chi connectivity index (χ0) is 17.1. The van der Waals surface area contributed by atoms with Crippen molar-refractivity contribution in [3.63, 3.8) is 0 Å². The number of methoxy groups -OCH3 is 1. The summed E-state index contributed by atoms with van der Waals surface area (Å²) in [6.07, 6.45) is 1.19. The molecule has 1 aromatic rings. The van der Waals surface area contributed by atoms with Crippen LogP contribution in [-0.2, 0) is 9.59 Å². The fourth-order valence-corrected chi connectivity index (χ4v) is 3.65. The SMILES string of the molecule is COc1cc(Br)cc(/C=C2\SC(=S)N(CCC(=O)[O-])C2=O)c1O. The number of thioether (sulfide) groups is 1. The van der Waals surface area contributed by atoms with Crippen molar-refractivity contribution < 1.29 is 24.5 Å². The Morgan fingerprint density at radius 3 is 2.87 bits per heavy atom. The topological polar surface area (TPSA) is 89.9 Å². The highest BCUT2D eigenvalue weighted by molar-refractivity contribution is 9.10. The number of phenolic OH excluding ortho intramolecular Hbond substituents is 1. The maximum absolute atomic E-state index is 12.3. The highest BCUT2D eigenvalue weighted by atomic mass is 79.9. The number of halogens is 1. The summed E-state index contributed by atoms with van der Waals surface area (Å²) >= 11 is 9.43. The summed E-state index contributed by atoms with van der Waals surface area (Å²) in [5.41, 5.74) is 0.386. The van der Waals surface area contributed by atoms with E-state index in [1.807, 2.05) is 0 Å². The second kappa shape index (κ2) is 7.33. The first kappa shape index (κ1) is 17.8. The van der Waals surface area contributed by atoms with Crippen LogP contribution in [0.4, 0.5) is 0 Å². The largest absolute Gasteiger partial charge is 0.550 e. The summed E-state index contributed by atoms with van der Waals surface area (Å²) in [5.74, 6) is -1.49. The molecule has 122 valence electrons. The molecule has 23 heavy (non-hydrogen) atoms. The molecule has 1 aromatic carbocycles. The van der Waals surface area contributed by atoms with Gasteiger partial charge in [-0.05, 0) is 18.2 Å². The molecule has 1 heterocycles. The van der Waals surface area contributed by atoms with Crippen molar-refractivity contribution in [1.29, 1.82) is 0 Å². The number of amides is 1. The van der Waals surface area contributed by atoms with E-state index in [4.69, 9.17) is 17.0 Å². The quantitative estimate of drug-likeness (QED) is 0.574. The van der Waals surface area contributed by atoms with Gasteiger partial charge in [-0.25, -0.2) is 0 Å². The van der Waals surface area contributed by atoms with E-state index < -0.39 is 11.9 Å². The normalized spacial score (nSPS) is 16.3. The minimum Gasteiger partial charge on any atom is -0.550 e. The number of nitrogens with zero attached hydrogens (tertiary/aromatic N) is 1. The molecule has 1 saturated heterocycles. The van der Waals surface area contributed by atoms with Gasteiger partial charge >= 0.3 is 0 Å². The molecule has 9 heteroatoms. The van der Waals surface area contributed by atoms with E-state index >= 15 is 0 Å². The molecule has 6 nitrogen and oxygen atoms in total. The number of aliphatic carboxylic acids is 1. The standard InChI is InChI=1S/C14H12BrNO5S2/c1-21-9-6-8(15)4-7(12(9)19)5-10-13(20)16(14(22)23-10)3-2-11(17)18/h4-6,19H,2-3H2,1H3,(H,17,18)/p-1/b10-5-. The third-order valence-corrected chi connectivity index (χ3v) is 4.82. The lowest BCUT2D eigenvalue weighted by molar-refractivity contribution is -0.305. The lowest BCUT2D eigenvalue weighted by Gasteiger charge is -2.14. The minimum absolute atomic E-state index is 0.0435. The predicted molar refractivity (Wildman–Crippen MR) is 91.9 cm³/mol. The molecule has 0 aromatic heterocycles. The Hall–Kier alpha value is -1.58. The van der Waals surface area contributed by atoms with Gasteiger partial charge in [0.2, 0.25) is 0 Å². The minimum atomic E-state index is -1.25. The van der Waals surface area contributed by atoms with Gasteiger partial charge in [0.25, 0.3) is 5.91 Å². The molecule has 0 aliphatic carbocycles. The van der Waals surface area contributed by atoms with Gasteiger partial charge in [0, 0.05) is 29.0 Å². The van der Waals surface area contributed by atoms with Crippen molar-refractivity contribution in [2.75, 3.05) is 13.7 Å². The van der Waals surface area contributed by atoms with Gasteiger partial charge in [-0.2, -0.15) is 0 Å². The Morgan fingerprint density at radius 2 is 2.26 bits per heavy atom. The zero-order valence-electron chi connectivity index (χ0n) is 11.9. The van der Waals surface area contributed by atoms with Gasteiger partial charge in [-0.15, -0.1) is 0 Å². The van der Waals surface area contributed by atoms with Crippen LogP contribution in [0.5, 0.6) is 11.5 Å². The lowest BCUT2D eigenvalue weighted by atomic mass is 10.1. The molecular formula is C14H11BrNO5S2-. The number of aromatic hydroxyl groups is 1. The first-order chi connectivity index (χ1) is 10.8. The Labute approximate surface area is 150 Å². The number of hydrogen-bond acceptors (Lipinski definition) is 7. The summed E-state index contributed by atoms with van der Waals surface area (Å²) < 4.78 is 6.00. The van der Waals surface area contributed by atoms with Crippen LogP contribution in [0.1, 0.15) is 12.0 Å². The molecule has 2 rings (SSSR count). The number of benzene rings is 1. The Morgan fingerprint density at radius 1 is 1.57 bits per heavy atom. The molecule has 0 bridgehead atoms. The highest BCUT2D eigenvalue weighted by Crippen LogP contribution is 2.38. The lowest BCUT2D eigenvalue weighted by Crippen LogP contribution is -2.33. The summed E-state index contributed by atoms with van der Waals surface area (Å²) in [5, 5.41) is 20.7. The van der Waals surface area contributed by atoms with Gasteiger partial charge in [0.05, 0.1) is 12.0 Å². The smallest absolute Gasteiger partial charge is 0.266 e. The second-order valence-corrected chi connectivity index (χ2v) is 7.09. The van der Waals surface area contributed by atoms with Crippen molar-refractivity contribution in [2.24, 2.45) is 0 Å². The summed E-state index contributed by atoms with van der Waals surface area (Å²) in [7, 11) is 1.42. The van der Waals surface area contributed by atoms with Crippen LogP contribution >= 0.6 is 39.9 Å². The molecule has 0 radical (unpaired) electrons. The monoisotopic (exact) mass is 416 g/mol. The highest BCUT2D eigenvalue weighted by Gasteiger charge is 2.31. The molecule has 0 saturated carbocycles. The first-order valence-corrected chi connectivity index (χ1v) is 8.37. The van der Waals surface area contributed by atoms with Crippen LogP contribution in [0.2, 0.25) is 0 Å². The molecule has 1 fully saturated rings. The van der Waals surface area contributed by atoms with Crippen molar-refractivity contribution in [3.05, 3.63) is 27.1 Å². The van der Waals surface area contributed by atoms with E-state index in [0.29, 0.717) is 14.9 Å². The van der Waals surface area contributed by atoms with Gasteiger partial charge < -0.3 is 19.7 Å².